The molecule has 1 aromatic rings. The minimum atomic E-state index is -0.251. The molecule has 3 nitrogen and oxygen atoms in total. The average Bonchev–Trinajstić information content (AvgIpc) is 2.65. The van der Waals surface area contributed by atoms with E-state index in [-0.39, 0.29) is 12.2 Å². The minimum Gasteiger partial charge on any atom is -0.464 e. The molecule has 0 amide bonds. The molecule has 1 aromatic heterocycles. The van der Waals surface area contributed by atoms with Gasteiger partial charge in [0.05, 0.1) is 0 Å². The van der Waals surface area contributed by atoms with E-state index >= 15 is 0 Å². The maximum absolute atomic E-state index is 10.6. The molecule has 2 atom stereocenters. The molecule has 1 aliphatic rings. The number of furan rings is 1. The lowest BCUT2D eigenvalue weighted by atomic mass is 10.0. The molecular formula is C11H14O3. The van der Waals surface area contributed by atoms with Crippen molar-refractivity contribution in [2.75, 3.05) is 0 Å². The van der Waals surface area contributed by atoms with E-state index in [9.17, 15) is 4.79 Å². The predicted octanol–water partition coefficient (Wildman–Crippen LogP) is 2.40. The van der Waals surface area contributed by atoms with Gasteiger partial charge >= 0.3 is 0 Å². The van der Waals surface area contributed by atoms with Gasteiger partial charge in [-0.05, 0) is 38.3 Å². The fraction of sp³-hybridized carbons (Fsp3) is 0.545. The normalized spacial score (nSPS) is 27.5. The number of ether oxygens (including phenoxy) is 1. The molecule has 3 heteroatoms. The highest BCUT2D eigenvalue weighted by molar-refractivity contribution is 5.56. The SMILES string of the molecule is Cc1ccc(C2CCCC(C=O)O2)o1. The van der Waals surface area contributed by atoms with Gasteiger partial charge in [-0.1, -0.05) is 0 Å². The molecule has 0 spiro atoms. The van der Waals surface area contributed by atoms with Crippen LogP contribution in [0.15, 0.2) is 16.5 Å². The second-order valence-electron chi connectivity index (χ2n) is 3.68. The van der Waals surface area contributed by atoms with Crippen molar-refractivity contribution in [1.82, 2.24) is 0 Å². The largest absolute Gasteiger partial charge is 0.464 e. The number of rotatable bonds is 2. The highest BCUT2D eigenvalue weighted by atomic mass is 16.5. The van der Waals surface area contributed by atoms with E-state index in [1.54, 1.807) is 0 Å². The number of aldehydes is 1. The van der Waals surface area contributed by atoms with Crippen molar-refractivity contribution < 1.29 is 13.9 Å². The van der Waals surface area contributed by atoms with Gasteiger partial charge in [-0.3, -0.25) is 0 Å². The summed E-state index contributed by atoms with van der Waals surface area (Å²) in [6.45, 7) is 1.91. The van der Waals surface area contributed by atoms with Crippen LogP contribution in [0, 0.1) is 6.92 Å². The van der Waals surface area contributed by atoms with E-state index < -0.39 is 0 Å². The molecule has 2 unspecified atom stereocenters. The third kappa shape index (κ3) is 1.87. The number of aryl methyl sites for hydroxylation is 1. The van der Waals surface area contributed by atoms with Crippen LogP contribution in [-0.4, -0.2) is 12.4 Å². The van der Waals surface area contributed by atoms with Crippen LogP contribution in [0.25, 0.3) is 0 Å². The second kappa shape index (κ2) is 3.96. The van der Waals surface area contributed by atoms with Crippen molar-refractivity contribution in [3.63, 3.8) is 0 Å². The fourth-order valence-electron chi connectivity index (χ4n) is 1.79. The molecule has 1 saturated heterocycles. The molecular weight excluding hydrogens is 180 g/mol. The molecule has 0 N–H and O–H groups in total. The molecule has 2 rings (SSSR count). The Morgan fingerprint density at radius 2 is 2.29 bits per heavy atom. The summed E-state index contributed by atoms with van der Waals surface area (Å²) in [4.78, 5) is 10.6. The molecule has 0 saturated carbocycles. The predicted molar refractivity (Wildman–Crippen MR) is 51.0 cm³/mol. The summed E-state index contributed by atoms with van der Waals surface area (Å²) < 4.78 is 11.0. The van der Waals surface area contributed by atoms with Gasteiger partial charge in [0.15, 0.2) is 0 Å². The Morgan fingerprint density at radius 1 is 1.43 bits per heavy atom. The van der Waals surface area contributed by atoms with Crippen molar-refractivity contribution in [3.05, 3.63) is 23.7 Å². The topological polar surface area (TPSA) is 39.4 Å². The first-order valence-corrected chi connectivity index (χ1v) is 4.96. The molecule has 0 aliphatic carbocycles. The van der Waals surface area contributed by atoms with Gasteiger partial charge in [0.1, 0.15) is 30.0 Å². The van der Waals surface area contributed by atoms with Gasteiger partial charge in [-0.25, -0.2) is 0 Å². The van der Waals surface area contributed by atoms with Gasteiger partial charge in [-0.2, -0.15) is 0 Å². The Kier molecular flexibility index (Phi) is 2.68. The monoisotopic (exact) mass is 194 g/mol. The van der Waals surface area contributed by atoms with Crippen molar-refractivity contribution in [2.45, 2.75) is 38.4 Å². The van der Waals surface area contributed by atoms with Gasteiger partial charge in [0.2, 0.25) is 0 Å². The number of carbonyl (C=O) groups excluding carboxylic acids is 1. The highest BCUT2D eigenvalue weighted by Gasteiger charge is 2.25. The quantitative estimate of drug-likeness (QED) is 0.678. The molecule has 0 bridgehead atoms. The molecule has 2 heterocycles. The first kappa shape index (κ1) is 9.46. The van der Waals surface area contributed by atoms with Crippen LogP contribution in [0.5, 0.6) is 0 Å². The number of hydrogen-bond donors (Lipinski definition) is 0. The van der Waals surface area contributed by atoms with Gasteiger partial charge in [0.25, 0.3) is 0 Å². The minimum absolute atomic E-state index is 0.0346. The summed E-state index contributed by atoms with van der Waals surface area (Å²) in [6.07, 6.45) is 3.39. The standard InChI is InChI=1S/C11H14O3/c1-8-5-6-11(13-8)10-4-2-3-9(7-12)14-10/h5-7,9-10H,2-4H2,1H3. The van der Waals surface area contributed by atoms with Crippen LogP contribution in [0.3, 0.4) is 0 Å². The van der Waals surface area contributed by atoms with E-state index in [2.05, 4.69) is 0 Å². The smallest absolute Gasteiger partial charge is 0.148 e. The van der Waals surface area contributed by atoms with Crippen LogP contribution in [0.1, 0.15) is 36.9 Å². The molecule has 76 valence electrons. The molecule has 0 aromatic carbocycles. The lowest BCUT2D eigenvalue weighted by molar-refractivity contribution is -0.128. The molecule has 1 fully saturated rings. The van der Waals surface area contributed by atoms with Crippen LogP contribution in [0.2, 0.25) is 0 Å². The lowest BCUT2D eigenvalue weighted by Crippen LogP contribution is -2.23. The summed E-state index contributed by atoms with van der Waals surface area (Å²) in [5.74, 6) is 1.73. The Hall–Kier alpha value is -1.09. The lowest BCUT2D eigenvalue weighted by Gasteiger charge is -2.25. The van der Waals surface area contributed by atoms with E-state index in [4.69, 9.17) is 9.15 Å². The Labute approximate surface area is 83.0 Å². The zero-order valence-corrected chi connectivity index (χ0v) is 8.23. The molecule has 14 heavy (non-hydrogen) atoms. The molecule has 1 aliphatic heterocycles. The zero-order chi connectivity index (χ0) is 9.97. The van der Waals surface area contributed by atoms with Gasteiger partial charge < -0.3 is 13.9 Å². The summed E-state index contributed by atoms with van der Waals surface area (Å²) in [5, 5.41) is 0. The van der Waals surface area contributed by atoms with Crippen LogP contribution in [-0.2, 0) is 9.53 Å². The van der Waals surface area contributed by atoms with E-state index in [0.29, 0.717) is 0 Å². The van der Waals surface area contributed by atoms with Gasteiger partial charge in [0, 0.05) is 0 Å². The first-order valence-electron chi connectivity index (χ1n) is 4.96. The first-order chi connectivity index (χ1) is 6.79. The van der Waals surface area contributed by atoms with Crippen molar-refractivity contribution in [1.29, 1.82) is 0 Å². The summed E-state index contributed by atoms with van der Waals surface area (Å²) in [5.41, 5.74) is 0. The van der Waals surface area contributed by atoms with Crippen molar-refractivity contribution in [3.8, 4) is 0 Å². The van der Waals surface area contributed by atoms with E-state index in [0.717, 1.165) is 37.1 Å². The molecule has 0 radical (unpaired) electrons. The second-order valence-corrected chi connectivity index (χ2v) is 3.68. The van der Waals surface area contributed by atoms with Crippen LogP contribution in [0.4, 0.5) is 0 Å². The zero-order valence-electron chi connectivity index (χ0n) is 8.23. The van der Waals surface area contributed by atoms with E-state index in [1.165, 1.54) is 0 Å². The fourth-order valence-corrected chi connectivity index (χ4v) is 1.79. The van der Waals surface area contributed by atoms with Gasteiger partial charge in [-0.15, -0.1) is 0 Å². The summed E-state index contributed by atoms with van der Waals surface area (Å²) >= 11 is 0. The third-order valence-electron chi connectivity index (χ3n) is 2.52. The summed E-state index contributed by atoms with van der Waals surface area (Å²) in [7, 11) is 0. The van der Waals surface area contributed by atoms with Crippen LogP contribution < -0.4 is 0 Å². The number of carbonyl (C=O) groups is 1. The Bertz CT molecular complexity index is 316. The maximum Gasteiger partial charge on any atom is 0.148 e. The van der Waals surface area contributed by atoms with E-state index in [1.807, 2.05) is 19.1 Å². The Morgan fingerprint density at radius 3 is 2.93 bits per heavy atom. The van der Waals surface area contributed by atoms with Crippen molar-refractivity contribution in [2.24, 2.45) is 0 Å². The average molecular weight is 194 g/mol. The number of hydrogen-bond acceptors (Lipinski definition) is 3. The third-order valence-corrected chi connectivity index (χ3v) is 2.52. The van der Waals surface area contributed by atoms with Crippen LogP contribution >= 0.6 is 0 Å². The summed E-state index contributed by atoms with van der Waals surface area (Å²) in [6, 6.07) is 3.84. The highest BCUT2D eigenvalue weighted by Crippen LogP contribution is 2.31. The Balaban J connectivity index is 2.07. The maximum atomic E-state index is 10.6. The van der Waals surface area contributed by atoms with Crippen molar-refractivity contribution >= 4 is 6.29 Å².